The van der Waals surface area contributed by atoms with Crippen LogP contribution in [0.4, 0.5) is 13.2 Å². The van der Waals surface area contributed by atoms with Gasteiger partial charge in [0.25, 0.3) is 5.91 Å². The maximum atomic E-state index is 12.7. The zero-order valence-corrected chi connectivity index (χ0v) is 19.4. The van der Waals surface area contributed by atoms with Crippen LogP contribution in [0.5, 0.6) is 0 Å². The number of carbonyl (C=O) groups is 2. The van der Waals surface area contributed by atoms with Crippen molar-refractivity contribution in [2.75, 3.05) is 60.2 Å². The normalized spacial score (nSPS) is 20.8. The van der Waals surface area contributed by atoms with Crippen LogP contribution in [0.2, 0.25) is 0 Å². The number of methoxy groups -OCH3 is 2. The number of thiophene rings is 1. The Morgan fingerprint density at radius 2 is 1.84 bits per heavy atom. The van der Waals surface area contributed by atoms with Crippen molar-refractivity contribution in [3.63, 3.8) is 0 Å². The average molecular weight is 481 g/mol. The maximum absolute atomic E-state index is 12.7. The monoisotopic (exact) mass is 480 g/mol. The molecule has 3 heterocycles. The minimum Gasteiger partial charge on any atom is -0.475 e. The molecule has 2 aliphatic heterocycles. The first kappa shape index (κ1) is 26.6. The highest BCUT2D eigenvalue weighted by Gasteiger charge is 2.48. The van der Waals surface area contributed by atoms with Crippen molar-refractivity contribution >= 4 is 23.2 Å². The number of aryl methyl sites for hydroxylation is 1. The number of amides is 1. The van der Waals surface area contributed by atoms with Crippen LogP contribution in [0.25, 0.3) is 0 Å². The molecule has 0 bridgehead atoms. The van der Waals surface area contributed by atoms with Gasteiger partial charge in [-0.2, -0.15) is 13.2 Å². The molecule has 1 unspecified atom stereocenters. The third kappa shape index (κ3) is 6.90. The molecule has 1 aromatic rings. The molecule has 7 nitrogen and oxygen atoms in total. The number of hydrogen-bond donors (Lipinski definition) is 1. The van der Waals surface area contributed by atoms with Crippen LogP contribution in [0.1, 0.15) is 27.4 Å². The second-order valence-corrected chi connectivity index (χ2v) is 9.54. The summed E-state index contributed by atoms with van der Waals surface area (Å²) in [6.45, 7) is 8.51. The summed E-state index contributed by atoms with van der Waals surface area (Å²) in [5, 5.41) is 7.12. The van der Waals surface area contributed by atoms with Crippen LogP contribution >= 0.6 is 11.3 Å². The highest BCUT2D eigenvalue weighted by atomic mass is 32.1. The molecule has 1 atom stereocenters. The van der Waals surface area contributed by atoms with Crippen molar-refractivity contribution < 1.29 is 37.3 Å². The van der Waals surface area contributed by atoms with Crippen LogP contribution in [-0.4, -0.2) is 93.1 Å². The van der Waals surface area contributed by atoms with Crippen LogP contribution in [-0.2, 0) is 14.3 Å². The molecular weight excluding hydrogens is 449 g/mol. The SMILES string of the molecule is COCCN1CC(COC)C2(CCN(C(=O)c3ccc(C)s3)CC2)C1.O=C(O)C(F)(F)F. The van der Waals surface area contributed by atoms with E-state index in [0.717, 1.165) is 63.7 Å². The van der Waals surface area contributed by atoms with Gasteiger partial charge < -0.3 is 24.4 Å². The van der Waals surface area contributed by atoms with E-state index in [9.17, 15) is 18.0 Å². The van der Waals surface area contributed by atoms with E-state index in [2.05, 4.69) is 11.8 Å². The standard InChI is InChI=1S/C19H30N2O3S.C2HF3O2/c1-15-4-5-17(25-15)18(22)21-8-6-19(7-9-21)14-20(10-11-23-2)12-16(19)13-24-3;3-2(4,5)1(6)7/h4-5,16H,6-14H2,1-3H3;(H,6,7). The summed E-state index contributed by atoms with van der Waals surface area (Å²) in [7, 11) is 3.55. The third-order valence-electron chi connectivity index (χ3n) is 6.10. The molecule has 11 heteroatoms. The van der Waals surface area contributed by atoms with Gasteiger partial charge >= 0.3 is 12.1 Å². The summed E-state index contributed by atoms with van der Waals surface area (Å²) in [5.41, 5.74) is 0.284. The Morgan fingerprint density at radius 1 is 1.22 bits per heavy atom. The quantitative estimate of drug-likeness (QED) is 0.674. The van der Waals surface area contributed by atoms with Crippen molar-refractivity contribution in [3.8, 4) is 0 Å². The van der Waals surface area contributed by atoms with E-state index in [1.165, 1.54) is 4.88 Å². The number of piperidine rings is 1. The Morgan fingerprint density at radius 3 is 2.31 bits per heavy atom. The molecule has 1 N–H and O–H groups in total. The smallest absolute Gasteiger partial charge is 0.475 e. The number of nitrogens with zero attached hydrogens (tertiary/aromatic N) is 2. The predicted octanol–water partition coefficient (Wildman–Crippen LogP) is 3.14. The van der Waals surface area contributed by atoms with Crippen LogP contribution in [0, 0.1) is 18.3 Å². The van der Waals surface area contributed by atoms with Gasteiger partial charge in [-0.25, -0.2) is 4.79 Å². The lowest BCUT2D eigenvalue weighted by Gasteiger charge is -2.42. The highest BCUT2D eigenvalue weighted by molar-refractivity contribution is 7.13. The Labute approximate surface area is 190 Å². The number of carboxylic acid groups (broad SMARTS) is 1. The van der Waals surface area contributed by atoms with Gasteiger partial charge in [0, 0.05) is 57.7 Å². The zero-order valence-electron chi connectivity index (χ0n) is 18.6. The fraction of sp³-hybridized carbons (Fsp3) is 0.714. The fourth-order valence-corrected chi connectivity index (χ4v) is 5.23. The van der Waals surface area contributed by atoms with E-state index in [0.29, 0.717) is 5.92 Å². The number of alkyl halides is 3. The molecule has 0 radical (unpaired) electrons. The van der Waals surface area contributed by atoms with Crippen molar-refractivity contribution in [3.05, 3.63) is 21.9 Å². The molecule has 1 spiro atoms. The summed E-state index contributed by atoms with van der Waals surface area (Å²) < 4.78 is 42.5. The van der Waals surface area contributed by atoms with Gasteiger partial charge in [-0.05, 0) is 37.3 Å². The minimum absolute atomic E-state index is 0.200. The summed E-state index contributed by atoms with van der Waals surface area (Å²) in [5.74, 6) is -2.01. The number of carbonyl (C=O) groups excluding carboxylic acids is 1. The lowest BCUT2D eigenvalue weighted by Crippen LogP contribution is -2.47. The van der Waals surface area contributed by atoms with Crippen molar-refractivity contribution in [2.45, 2.75) is 25.9 Å². The number of hydrogen-bond acceptors (Lipinski definition) is 6. The summed E-state index contributed by atoms with van der Waals surface area (Å²) >= 11 is 1.60. The van der Waals surface area contributed by atoms with E-state index in [-0.39, 0.29) is 11.3 Å². The number of ether oxygens (including phenoxy) is 2. The van der Waals surface area contributed by atoms with Gasteiger partial charge in [0.15, 0.2) is 0 Å². The van der Waals surface area contributed by atoms with Crippen molar-refractivity contribution in [1.82, 2.24) is 9.80 Å². The molecule has 0 saturated carbocycles. The minimum atomic E-state index is -5.08. The first-order valence-electron chi connectivity index (χ1n) is 10.4. The average Bonchev–Trinajstić information content (AvgIpc) is 3.31. The van der Waals surface area contributed by atoms with E-state index >= 15 is 0 Å². The van der Waals surface area contributed by atoms with Crippen molar-refractivity contribution in [1.29, 1.82) is 0 Å². The summed E-state index contributed by atoms with van der Waals surface area (Å²) in [6.07, 6.45) is -2.94. The van der Waals surface area contributed by atoms with Crippen LogP contribution < -0.4 is 0 Å². The van der Waals surface area contributed by atoms with E-state index < -0.39 is 12.1 Å². The zero-order chi connectivity index (χ0) is 23.9. The number of halogens is 3. The number of aliphatic carboxylic acids is 1. The molecule has 1 aromatic heterocycles. The molecule has 2 saturated heterocycles. The van der Waals surface area contributed by atoms with Gasteiger partial charge in [0.05, 0.1) is 18.1 Å². The molecule has 0 aromatic carbocycles. The number of rotatable bonds is 6. The maximum Gasteiger partial charge on any atom is 0.490 e. The van der Waals surface area contributed by atoms with Gasteiger partial charge in [0.1, 0.15) is 0 Å². The molecule has 3 rings (SSSR count). The first-order valence-corrected chi connectivity index (χ1v) is 11.2. The topological polar surface area (TPSA) is 79.3 Å². The second kappa shape index (κ2) is 11.4. The fourth-order valence-electron chi connectivity index (χ4n) is 4.39. The first-order chi connectivity index (χ1) is 15.0. The van der Waals surface area contributed by atoms with Gasteiger partial charge in [0.2, 0.25) is 0 Å². The molecule has 2 fully saturated rings. The van der Waals surface area contributed by atoms with E-state index in [1.807, 2.05) is 17.0 Å². The third-order valence-corrected chi connectivity index (χ3v) is 7.09. The molecular formula is C21H31F3N2O5S. The van der Waals surface area contributed by atoms with E-state index in [4.69, 9.17) is 19.4 Å². The molecule has 32 heavy (non-hydrogen) atoms. The van der Waals surface area contributed by atoms with Gasteiger partial charge in [-0.3, -0.25) is 4.79 Å². The number of carboxylic acids is 1. The van der Waals surface area contributed by atoms with Crippen LogP contribution in [0.3, 0.4) is 0 Å². The molecule has 2 aliphatic rings. The Balaban J connectivity index is 0.000000451. The van der Waals surface area contributed by atoms with Crippen LogP contribution in [0.15, 0.2) is 12.1 Å². The Kier molecular flexibility index (Phi) is 9.50. The van der Waals surface area contributed by atoms with E-state index in [1.54, 1.807) is 25.6 Å². The van der Waals surface area contributed by atoms with Gasteiger partial charge in [-0.15, -0.1) is 11.3 Å². The molecule has 0 aliphatic carbocycles. The predicted molar refractivity (Wildman–Crippen MR) is 114 cm³/mol. The van der Waals surface area contributed by atoms with Crippen molar-refractivity contribution in [2.24, 2.45) is 11.3 Å². The largest absolute Gasteiger partial charge is 0.490 e. The molecule has 1 amide bonds. The summed E-state index contributed by atoms with van der Waals surface area (Å²) in [6, 6.07) is 3.99. The number of likely N-dealkylation sites (tertiary alicyclic amines) is 2. The summed E-state index contributed by atoms with van der Waals surface area (Å²) in [4.78, 5) is 28.2. The lowest BCUT2D eigenvalue weighted by atomic mass is 9.71. The Hall–Kier alpha value is -1.69. The van der Waals surface area contributed by atoms with Gasteiger partial charge in [-0.1, -0.05) is 0 Å². The highest BCUT2D eigenvalue weighted by Crippen LogP contribution is 2.45. The molecule has 182 valence electrons. The Bertz CT molecular complexity index is 763. The lowest BCUT2D eigenvalue weighted by molar-refractivity contribution is -0.192. The second-order valence-electron chi connectivity index (χ2n) is 8.25.